The van der Waals surface area contributed by atoms with Crippen LogP contribution in [-0.4, -0.2) is 31.0 Å². The molecule has 0 bridgehead atoms. The predicted molar refractivity (Wildman–Crippen MR) is 93.0 cm³/mol. The van der Waals surface area contributed by atoms with Gasteiger partial charge in [-0.3, -0.25) is 0 Å². The van der Waals surface area contributed by atoms with Crippen LogP contribution in [0.5, 0.6) is 5.75 Å². The van der Waals surface area contributed by atoms with E-state index in [0.29, 0.717) is 25.3 Å². The molecule has 146 valence electrons. The van der Waals surface area contributed by atoms with Crippen LogP contribution in [0.15, 0.2) is 54.6 Å². The fraction of sp³-hybridized carbons (Fsp3) is 0.350. The van der Waals surface area contributed by atoms with Crippen LogP contribution in [0.1, 0.15) is 30.1 Å². The molecule has 0 fully saturated rings. The molecule has 0 aliphatic heterocycles. The average molecular weight is 387 g/mol. The number of carbonyl (C=O) groups excluding carboxylic acids is 1. The van der Waals surface area contributed by atoms with Gasteiger partial charge in [-0.25, -0.2) is 0 Å². The SMILES string of the molecule is CN(CCC(=O)[O-])CCC(Oc1ccc(C(F)(F)F)cc1)c1ccccc1.[Li+]. The van der Waals surface area contributed by atoms with Crippen molar-refractivity contribution in [2.75, 3.05) is 20.1 Å². The van der Waals surface area contributed by atoms with E-state index in [1.165, 1.54) is 12.1 Å². The molecule has 2 aromatic rings. The van der Waals surface area contributed by atoms with Crippen molar-refractivity contribution in [3.63, 3.8) is 0 Å². The largest absolute Gasteiger partial charge is 1.00 e. The summed E-state index contributed by atoms with van der Waals surface area (Å²) in [7, 11) is 1.79. The third kappa shape index (κ3) is 7.97. The molecule has 0 radical (unpaired) electrons. The minimum atomic E-state index is -4.39. The van der Waals surface area contributed by atoms with Crippen molar-refractivity contribution < 1.29 is 46.7 Å². The van der Waals surface area contributed by atoms with Crippen LogP contribution >= 0.6 is 0 Å². The third-order valence-corrected chi connectivity index (χ3v) is 4.10. The van der Waals surface area contributed by atoms with Crippen molar-refractivity contribution in [3.8, 4) is 5.75 Å². The molecule has 0 amide bonds. The Hall–Kier alpha value is -1.94. The molecule has 8 heteroatoms. The average Bonchev–Trinajstić information content (AvgIpc) is 2.63. The molecule has 0 aromatic heterocycles. The molecular formula is C20H21F3LiNO3. The van der Waals surface area contributed by atoms with Gasteiger partial charge in [-0.15, -0.1) is 0 Å². The number of alkyl halides is 3. The second-order valence-electron chi connectivity index (χ2n) is 6.25. The van der Waals surface area contributed by atoms with Crippen LogP contribution in [-0.2, 0) is 11.0 Å². The quantitative estimate of drug-likeness (QED) is 0.581. The molecule has 0 spiro atoms. The zero-order chi connectivity index (χ0) is 19.9. The maximum atomic E-state index is 12.7. The van der Waals surface area contributed by atoms with E-state index in [4.69, 9.17) is 4.74 Å². The Morgan fingerprint density at radius 3 is 2.21 bits per heavy atom. The summed E-state index contributed by atoms with van der Waals surface area (Å²) in [4.78, 5) is 12.4. The first-order valence-electron chi connectivity index (χ1n) is 8.53. The molecule has 0 saturated carbocycles. The van der Waals surface area contributed by atoms with Gasteiger partial charge in [0.05, 0.1) is 5.56 Å². The molecule has 0 aliphatic carbocycles. The van der Waals surface area contributed by atoms with E-state index < -0.39 is 17.7 Å². The summed E-state index contributed by atoms with van der Waals surface area (Å²) in [6.07, 6.45) is -4.27. The molecule has 2 aromatic carbocycles. The molecule has 1 atom stereocenters. The Kier molecular flexibility index (Phi) is 9.60. The second-order valence-corrected chi connectivity index (χ2v) is 6.25. The molecule has 0 saturated heterocycles. The van der Waals surface area contributed by atoms with Crippen molar-refractivity contribution in [2.45, 2.75) is 25.1 Å². The van der Waals surface area contributed by atoms with Crippen molar-refractivity contribution in [3.05, 3.63) is 65.7 Å². The van der Waals surface area contributed by atoms with Gasteiger partial charge in [0, 0.05) is 25.5 Å². The molecular weight excluding hydrogens is 366 g/mol. The minimum absolute atomic E-state index is 0. The Morgan fingerprint density at radius 2 is 1.68 bits per heavy atom. The van der Waals surface area contributed by atoms with Gasteiger partial charge in [-0.05, 0) is 43.3 Å². The topological polar surface area (TPSA) is 52.6 Å². The van der Waals surface area contributed by atoms with Crippen molar-refractivity contribution in [2.24, 2.45) is 0 Å². The number of hydrogen-bond donors (Lipinski definition) is 0. The Bertz CT molecular complexity index is 724. The monoisotopic (exact) mass is 387 g/mol. The van der Waals surface area contributed by atoms with Crippen LogP contribution < -0.4 is 28.7 Å². The fourth-order valence-corrected chi connectivity index (χ4v) is 2.58. The smallest absolute Gasteiger partial charge is 0.550 e. The van der Waals surface area contributed by atoms with Gasteiger partial charge in [0.15, 0.2) is 0 Å². The predicted octanol–water partition coefficient (Wildman–Crippen LogP) is 0.291. The van der Waals surface area contributed by atoms with Crippen LogP contribution in [0.2, 0.25) is 0 Å². The van der Waals surface area contributed by atoms with Gasteiger partial charge in [0.2, 0.25) is 0 Å². The van der Waals surface area contributed by atoms with Gasteiger partial charge in [-0.1, -0.05) is 30.3 Å². The summed E-state index contributed by atoms with van der Waals surface area (Å²) < 4.78 is 44.0. The summed E-state index contributed by atoms with van der Waals surface area (Å²) in [5.74, 6) is -0.767. The number of aliphatic carboxylic acids is 1. The van der Waals surface area contributed by atoms with E-state index in [9.17, 15) is 23.1 Å². The van der Waals surface area contributed by atoms with Gasteiger partial charge < -0.3 is 19.5 Å². The number of nitrogens with zero attached hydrogens (tertiary/aromatic N) is 1. The number of carboxylic acids is 1. The van der Waals surface area contributed by atoms with E-state index in [2.05, 4.69) is 0 Å². The van der Waals surface area contributed by atoms with Crippen LogP contribution in [0.3, 0.4) is 0 Å². The van der Waals surface area contributed by atoms with E-state index >= 15 is 0 Å². The number of hydrogen-bond acceptors (Lipinski definition) is 4. The number of carbonyl (C=O) groups is 1. The van der Waals surface area contributed by atoms with Crippen molar-refractivity contribution >= 4 is 5.97 Å². The molecule has 28 heavy (non-hydrogen) atoms. The van der Waals surface area contributed by atoms with Crippen LogP contribution in [0, 0.1) is 0 Å². The van der Waals surface area contributed by atoms with Gasteiger partial charge in [0.1, 0.15) is 11.9 Å². The summed E-state index contributed by atoms with van der Waals surface area (Å²) >= 11 is 0. The summed E-state index contributed by atoms with van der Waals surface area (Å²) in [6.45, 7) is 0.914. The first-order valence-corrected chi connectivity index (χ1v) is 8.53. The van der Waals surface area contributed by atoms with Crippen molar-refractivity contribution in [1.29, 1.82) is 0 Å². The summed E-state index contributed by atoms with van der Waals surface area (Å²) in [5, 5.41) is 10.6. The maximum absolute atomic E-state index is 12.7. The molecule has 1 unspecified atom stereocenters. The molecule has 4 nitrogen and oxygen atoms in total. The van der Waals surface area contributed by atoms with Crippen LogP contribution in [0.4, 0.5) is 13.2 Å². The third-order valence-electron chi connectivity index (χ3n) is 4.10. The van der Waals surface area contributed by atoms with Crippen molar-refractivity contribution in [1.82, 2.24) is 4.90 Å². The Labute approximate surface area is 174 Å². The maximum Gasteiger partial charge on any atom is 1.00 e. The van der Waals surface area contributed by atoms with Gasteiger partial charge in [-0.2, -0.15) is 13.2 Å². The normalized spacial score (nSPS) is 12.3. The summed E-state index contributed by atoms with van der Waals surface area (Å²) in [5.41, 5.74) is 0.166. The van der Waals surface area contributed by atoms with E-state index in [0.717, 1.165) is 17.7 Å². The van der Waals surface area contributed by atoms with E-state index in [1.807, 2.05) is 35.2 Å². The summed E-state index contributed by atoms with van der Waals surface area (Å²) in [6, 6.07) is 13.9. The molecule has 0 N–H and O–H groups in total. The fourth-order valence-electron chi connectivity index (χ4n) is 2.58. The molecule has 0 heterocycles. The van der Waals surface area contributed by atoms with Crippen LogP contribution in [0.25, 0.3) is 0 Å². The molecule has 0 aliphatic rings. The standard InChI is InChI=1S/C20H22F3NO3.Li/c1-24(14-12-19(25)26)13-11-18(15-5-3-2-4-6-15)27-17-9-7-16(8-10-17)20(21,22)23;/h2-10,18H,11-14H2,1H3,(H,25,26);/q;+1/p-1. The number of halogens is 3. The van der Waals surface area contributed by atoms with E-state index in [1.54, 1.807) is 7.05 Å². The zero-order valence-corrected chi connectivity index (χ0v) is 15.9. The van der Waals surface area contributed by atoms with E-state index in [-0.39, 0.29) is 31.4 Å². The van der Waals surface area contributed by atoms with Gasteiger partial charge >= 0.3 is 25.0 Å². The van der Waals surface area contributed by atoms with Gasteiger partial charge in [0.25, 0.3) is 0 Å². The second kappa shape index (κ2) is 11.2. The Morgan fingerprint density at radius 1 is 1.07 bits per heavy atom. The molecule has 2 rings (SSSR count). The first kappa shape index (κ1) is 24.1. The minimum Gasteiger partial charge on any atom is -0.550 e. The zero-order valence-electron chi connectivity index (χ0n) is 15.9. The number of benzene rings is 2. The number of rotatable bonds is 9. The number of carboxylic acid groups (broad SMARTS) is 1. The number of ether oxygens (including phenoxy) is 1. The Balaban J connectivity index is 0.00000392. The first-order chi connectivity index (χ1) is 12.8.